The molecule has 0 spiro atoms. The van der Waals surface area contributed by atoms with Gasteiger partial charge in [-0.25, -0.2) is 0 Å². The highest BCUT2D eigenvalue weighted by molar-refractivity contribution is 6.10. The molecule has 0 saturated carbocycles. The van der Waals surface area contributed by atoms with Crippen LogP contribution in [0.4, 0.5) is 0 Å². The molecule has 2 aromatic carbocycles. The highest BCUT2D eigenvalue weighted by atomic mass is 16.1. The zero-order valence-electron chi connectivity index (χ0n) is 20.5. The third kappa shape index (κ3) is 7.28. The predicted octanol–water partition coefficient (Wildman–Crippen LogP) is 8.90. The van der Waals surface area contributed by atoms with E-state index in [4.69, 9.17) is 0 Å². The molecule has 3 rings (SSSR count). The molecule has 0 aliphatic carbocycles. The molecule has 3 aromatic rings. The Hall–Kier alpha value is -2.42. The molecular weight excluding hydrogens is 406 g/mol. The Bertz CT molecular complexity index is 952. The van der Waals surface area contributed by atoms with E-state index in [2.05, 4.69) is 11.5 Å². The van der Waals surface area contributed by atoms with Gasteiger partial charge in [0.05, 0.1) is 0 Å². The van der Waals surface area contributed by atoms with Gasteiger partial charge in [0.15, 0.2) is 0 Å². The summed E-state index contributed by atoms with van der Waals surface area (Å²) in [5.74, 6) is 0. The Morgan fingerprint density at radius 1 is 0.576 bits per heavy atom. The minimum atomic E-state index is 0.676. The zero-order valence-corrected chi connectivity index (χ0v) is 20.5. The second-order valence-corrected chi connectivity index (χ2v) is 9.54. The smallest absolute Gasteiger partial charge is 0.150 e. The molecule has 178 valence electrons. The van der Waals surface area contributed by atoms with Crippen LogP contribution in [0.15, 0.2) is 36.4 Å². The number of aryl methyl sites for hydroxylation is 1. The molecule has 33 heavy (non-hydrogen) atoms. The lowest BCUT2D eigenvalue weighted by Gasteiger charge is -2.08. The lowest BCUT2D eigenvalue weighted by molar-refractivity contribution is 0.111. The Morgan fingerprint density at radius 2 is 0.970 bits per heavy atom. The number of aromatic nitrogens is 1. The number of benzene rings is 2. The molecule has 0 radical (unpaired) electrons. The van der Waals surface area contributed by atoms with Crippen molar-refractivity contribution >= 4 is 34.4 Å². The van der Waals surface area contributed by atoms with Gasteiger partial charge in [-0.3, -0.25) is 9.59 Å². The van der Waals surface area contributed by atoms with Gasteiger partial charge in [-0.15, -0.1) is 0 Å². The van der Waals surface area contributed by atoms with Crippen molar-refractivity contribution in [3.63, 3.8) is 0 Å². The summed E-state index contributed by atoms with van der Waals surface area (Å²) in [5, 5.41) is 2.12. The number of carbonyl (C=O) groups excluding carboxylic acids is 2. The topological polar surface area (TPSA) is 39.1 Å². The Kier molecular flexibility index (Phi) is 10.7. The number of fused-ring (bicyclic) bond motifs is 3. The average Bonchev–Trinajstić information content (AvgIpc) is 3.16. The molecule has 1 aromatic heterocycles. The van der Waals surface area contributed by atoms with Crippen molar-refractivity contribution in [3.05, 3.63) is 47.5 Å². The number of carbonyl (C=O) groups is 2. The number of nitrogens with zero attached hydrogens (tertiary/aromatic N) is 1. The SMILES string of the molecule is CCCCCCCCCCCCCCCCn1c2ccc(C=O)cc2c2cc(C=O)ccc21. The predicted molar refractivity (Wildman–Crippen MR) is 141 cm³/mol. The fourth-order valence-corrected chi connectivity index (χ4v) is 4.99. The molecule has 1 heterocycles. The van der Waals surface area contributed by atoms with Crippen molar-refractivity contribution in [3.8, 4) is 0 Å². The highest BCUT2D eigenvalue weighted by Gasteiger charge is 2.12. The van der Waals surface area contributed by atoms with Crippen LogP contribution in [0.5, 0.6) is 0 Å². The second-order valence-electron chi connectivity index (χ2n) is 9.54. The maximum absolute atomic E-state index is 11.3. The normalized spacial score (nSPS) is 11.4. The van der Waals surface area contributed by atoms with E-state index in [0.717, 1.165) is 47.3 Å². The summed E-state index contributed by atoms with van der Waals surface area (Å²) >= 11 is 0. The van der Waals surface area contributed by atoms with E-state index in [-0.39, 0.29) is 0 Å². The van der Waals surface area contributed by atoms with E-state index >= 15 is 0 Å². The van der Waals surface area contributed by atoms with E-state index in [1.165, 1.54) is 83.5 Å². The van der Waals surface area contributed by atoms with Gasteiger partial charge in [0.1, 0.15) is 12.6 Å². The van der Waals surface area contributed by atoms with Crippen LogP contribution >= 0.6 is 0 Å². The fraction of sp³-hybridized carbons (Fsp3) is 0.533. The number of unbranched alkanes of at least 4 members (excludes halogenated alkanes) is 13. The molecule has 0 atom stereocenters. The Morgan fingerprint density at radius 3 is 1.36 bits per heavy atom. The summed E-state index contributed by atoms with van der Waals surface area (Å²) in [5.41, 5.74) is 3.64. The van der Waals surface area contributed by atoms with Gasteiger partial charge in [-0.1, -0.05) is 90.4 Å². The third-order valence-electron chi connectivity index (χ3n) is 6.92. The molecular formula is C30H41NO2. The minimum Gasteiger partial charge on any atom is -0.340 e. The van der Waals surface area contributed by atoms with Crippen LogP contribution in [0.25, 0.3) is 21.8 Å². The van der Waals surface area contributed by atoms with E-state index in [1.807, 2.05) is 36.4 Å². The van der Waals surface area contributed by atoms with Gasteiger partial charge in [0.25, 0.3) is 0 Å². The summed E-state index contributed by atoms with van der Waals surface area (Å²) < 4.78 is 2.36. The molecule has 0 N–H and O–H groups in total. The maximum Gasteiger partial charge on any atom is 0.150 e. The highest BCUT2D eigenvalue weighted by Crippen LogP contribution is 2.31. The third-order valence-corrected chi connectivity index (χ3v) is 6.92. The molecule has 0 aliphatic heterocycles. The lowest BCUT2D eigenvalue weighted by atomic mass is 10.0. The summed E-state index contributed by atoms with van der Waals surface area (Å²) in [6.07, 6.45) is 20.8. The molecule has 0 aliphatic rings. The monoisotopic (exact) mass is 447 g/mol. The van der Waals surface area contributed by atoms with Gasteiger partial charge in [0.2, 0.25) is 0 Å². The van der Waals surface area contributed by atoms with E-state index in [1.54, 1.807) is 0 Å². The molecule has 0 bridgehead atoms. The van der Waals surface area contributed by atoms with Gasteiger partial charge < -0.3 is 4.57 Å². The first kappa shape index (κ1) is 25.2. The van der Waals surface area contributed by atoms with Crippen molar-refractivity contribution in [1.82, 2.24) is 4.57 Å². The Labute approximate surface area is 199 Å². The summed E-state index contributed by atoms with van der Waals surface area (Å²) in [6.45, 7) is 3.25. The van der Waals surface area contributed by atoms with Crippen LogP contribution in [0.1, 0.15) is 118 Å². The Balaban J connectivity index is 1.41. The fourth-order valence-electron chi connectivity index (χ4n) is 4.99. The largest absolute Gasteiger partial charge is 0.340 e. The quantitative estimate of drug-likeness (QED) is 0.153. The van der Waals surface area contributed by atoms with Gasteiger partial charge in [-0.2, -0.15) is 0 Å². The molecule has 0 amide bonds. The van der Waals surface area contributed by atoms with Crippen molar-refractivity contribution < 1.29 is 9.59 Å². The van der Waals surface area contributed by atoms with Crippen molar-refractivity contribution in [1.29, 1.82) is 0 Å². The van der Waals surface area contributed by atoms with Crippen LogP contribution in [-0.4, -0.2) is 17.1 Å². The van der Waals surface area contributed by atoms with Crippen LogP contribution < -0.4 is 0 Å². The molecule has 0 saturated heterocycles. The number of hydrogen-bond donors (Lipinski definition) is 0. The molecule has 0 unspecified atom stereocenters. The molecule has 3 nitrogen and oxygen atoms in total. The standard InChI is InChI=1S/C30H41NO2/c1-2-3-4-5-6-7-8-9-10-11-12-13-14-15-20-31-29-18-16-25(23-32)21-27(29)28-22-26(24-33)17-19-30(28)31/h16-19,21-24H,2-15,20H2,1H3. The van der Waals surface area contributed by atoms with E-state index in [0.29, 0.717) is 11.1 Å². The van der Waals surface area contributed by atoms with Gasteiger partial charge >= 0.3 is 0 Å². The van der Waals surface area contributed by atoms with Crippen LogP contribution in [0.2, 0.25) is 0 Å². The molecule has 3 heteroatoms. The van der Waals surface area contributed by atoms with Crippen LogP contribution in [-0.2, 0) is 6.54 Å². The van der Waals surface area contributed by atoms with Crippen molar-refractivity contribution in [2.24, 2.45) is 0 Å². The van der Waals surface area contributed by atoms with E-state index < -0.39 is 0 Å². The first-order valence-electron chi connectivity index (χ1n) is 13.2. The number of hydrogen-bond acceptors (Lipinski definition) is 2. The maximum atomic E-state index is 11.3. The van der Waals surface area contributed by atoms with Gasteiger partial charge in [-0.05, 0) is 42.8 Å². The zero-order chi connectivity index (χ0) is 23.3. The number of rotatable bonds is 17. The van der Waals surface area contributed by atoms with Crippen LogP contribution in [0, 0.1) is 0 Å². The summed E-state index contributed by atoms with van der Waals surface area (Å²) in [6, 6.07) is 11.8. The first-order chi connectivity index (χ1) is 16.3. The van der Waals surface area contributed by atoms with Crippen LogP contribution in [0.3, 0.4) is 0 Å². The van der Waals surface area contributed by atoms with E-state index in [9.17, 15) is 9.59 Å². The second kappa shape index (κ2) is 14.0. The lowest BCUT2D eigenvalue weighted by Crippen LogP contribution is -1.98. The summed E-state index contributed by atoms with van der Waals surface area (Å²) in [7, 11) is 0. The van der Waals surface area contributed by atoms with Gasteiger partial charge in [0, 0.05) is 39.5 Å². The number of aldehydes is 2. The average molecular weight is 448 g/mol. The summed E-state index contributed by atoms with van der Waals surface area (Å²) in [4.78, 5) is 22.5. The molecule has 0 fully saturated rings. The minimum absolute atomic E-state index is 0.676. The van der Waals surface area contributed by atoms with Crippen molar-refractivity contribution in [2.75, 3.05) is 0 Å². The first-order valence-corrected chi connectivity index (χ1v) is 13.2. The van der Waals surface area contributed by atoms with Crippen molar-refractivity contribution in [2.45, 2.75) is 103 Å².